The quantitative estimate of drug-likeness (QED) is 0.760. The first kappa shape index (κ1) is 14.0. The summed E-state index contributed by atoms with van der Waals surface area (Å²) in [5.74, 6) is 0. The van der Waals surface area contributed by atoms with Gasteiger partial charge in [-0.1, -0.05) is 19.3 Å². The third-order valence-corrected chi connectivity index (χ3v) is 4.11. The van der Waals surface area contributed by atoms with Crippen LogP contribution in [0.25, 0.3) is 0 Å². The van der Waals surface area contributed by atoms with Crippen molar-refractivity contribution in [1.29, 1.82) is 0 Å². The molecular weight excluding hydrogens is 246 g/mol. The van der Waals surface area contributed by atoms with E-state index in [1.807, 2.05) is 0 Å². The number of hydrogen-bond acceptors (Lipinski definition) is 3. The van der Waals surface area contributed by atoms with E-state index in [1.54, 1.807) is 0 Å². The van der Waals surface area contributed by atoms with E-state index in [9.17, 15) is 0 Å². The fourth-order valence-corrected chi connectivity index (χ4v) is 3.06. The van der Waals surface area contributed by atoms with Crippen LogP contribution in [-0.2, 0) is 4.74 Å². The number of ether oxygens (including phenoxy) is 1. The highest BCUT2D eigenvalue weighted by atomic mass is 32.1. The van der Waals surface area contributed by atoms with E-state index >= 15 is 0 Å². The summed E-state index contributed by atoms with van der Waals surface area (Å²) in [6.07, 6.45) is 6.85. The zero-order valence-corrected chi connectivity index (χ0v) is 12.1. The fourth-order valence-electron chi connectivity index (χ4n) is 2.72. The molecular formula is C13H25N3OS. The van der Waals surface area contributed by atoms with Gasteiger partial charge < -0.3 is 15.4 Å². The molecule has 1 heterocycles. The Morgan fingerprint density at radius 1 is 1.22 bits per heavy atom. The summed E-state index contributed by atoms with van der Waals surface area (Å²) < 4.78 is 5.36. The highest BCUT2D eigenvalue weighted by molar-refractivity contribution is 7.80. The van der Waals surface area contributed by atoms with E-state index in [-0.39, 0.29) is 6.17 Å². The lowest BCUT2D eigenvalue weighted by molar-refractivity contribution is 0.0172. The number of nitrogens with zero attached hydrogens (tertiary/aromatic N) is 1. The summed E-state index contributed by atoms with van der Waals surface area (Å²) in [6, 6.07) is 0.579. The minimum Gasteiger partial charge on any atom is -0.379 e. The first-order valence-electron chi connectivity index (χ1n) is 7.14. The van der Waals surface area contributed by atoms with Gasteiger partial charge in [-0.3, -0.25) is 4.90 Å². The standard InChI is InChI=1S/C13H25N3OS/c1-11(16-7-9-17-10-8-16)14-13(18)15-12-5-3-2-4-6-12/h11-12H,2-10H2,1H3,(H2,14,15,18). The van der Waals surface area contributed by atoms with Crippen molar-refractivity contribution in [2.45, 2.75) is 51.2 Å². The Kier molecular flexibility index (Phi) is 5.66. The number of hydrogen-bond donors (Lipinski definition) is 2. The molecule has 1 atom stereocenters. The van der Waals surface area contributed by atoms with Crippen molar-refractivity contribution in [3.63, 3.8) is 0 Å². The molecule has 0 amide bonds. The van der Waals surface area contributed by atoms with Crippen LogP contribution in [0, 0.1) is 0 Å². The molecule has 1 aliphatic heterocycles. The van der Waals surface area contributed by atoms with E-state index in [0.29, 0.717) is 6.04 Å². The van der Waals surface area contributed by atoms with Crippen LogP contribution in [0.4, 0.5) is 0 Å². The maximum atomic E-state index is 5.40. The largest absolute Gasteiger partial charge is 0.379 e. The zero-order chi connectivity index (χ0) is 12.8. The van der Waals surface area contributed by atoms with E-state index in [1.165, 1.54) is 32.1 Å². The lowest BCUT2D eigenvalue weighted by Crippen LogP contribution is -2.54. The second-order valence-electron chi connectivity index (χ2n) is 5.28. The molecule has 2 aliphatic rings. The molecule has 1 saturated carbocycles. The lowest BCUT2D eigenvalue weighted by atomic mass is 9.96. The van der Waals surface area contributed by atoms with Gasteiger partial charge in [0.25, 0.3) is 0 Å². The Labute approximate surface area is 115 Å². The van der Waals surface area contributed by atoms with E-state index in [4.69, 9.17) is 17.0 Å². The number of morpholine rings is 1. The van der Waals surface area contributed by atoms with Crippen molar-refractivity contribution in [3.05, 3.63) is 0 Å². The molecule has 18 heavy (non-hydrogen) atoms. The Bertz CT molecular complexity index is 263. The SMILES string of the molecule is CC(NC(=S)NC1CCCCC1)N1CCOCC1. The molecule has 0 aromatic heterocycles. The summed E-state index contributed by atoms with van der Waals surface area (Å²) >= 11 is 5.40. The van der Waals surface area contributed by atoms with Crippen molar-refractivity contribution < 1.29 is 4.74 Å². The smallest absolute Gasteiger partial charge is 0.167 e. The monoisotopic (exact) mass is 271 g/mol. The summed E-state index contributed by atoms with van der Waals surface area (Å²) in [6.45, 7) is 5.80. The molecule has 4 nitrogen and oxygen atoms in total. The molecule has 0 radical (unpaired) electrons. The molecule has 0 spiro atoms. The molecule has 1 saturated heterocycles. The first-order chi connectivity index (χ1) is 8.75. The molecule has 2 rings (SSSR count). The highest BCUT2D eigenvalue weighted by Crippen LogP contribution is 2.17. The molecule has 1 aliphatic carbocycles. The summed E-state index contributed by atoms with van der Waals surface area (Å²) in [5, 5.41) is 7.65. The molecule has 104 valence electrons. The van der Waals surface area contributed by atoms with Gasteiger partial charge in [0.1, 0.15) is 0 Å². The normalized spacial score (nSPS) is 24.5. The Hall–Kier alpha value is -0.390. The predicted octanol–water partition coefficient (Wildman–Crippen LogP) is 1.46. The molecule has 0 aromatic rings. The first-order valence-corrected chi connectivity index (χ1v) is 7.55. The van der Waals surface area contributed by atoms with Gasteiger partial charge in [0.15, 0.2) is 5.11 Å². The second kappa shape index (κ2) is 7.26. The van der Waals surface area contributed by atoms with E-state index < -0.39 is 0 Å². The minimum atomic E-state index is 0.289. The third-order valence-electron chi connectivity index (χ3n) is 3.87. The van der Waals surface area contributed by atoms with Crippen molar-refractivity contribution >= 4 is 17.3 Å². The average Bonchev–Trinajstić information content (AvgIpc) is 2.40. The van der Waals surface area contributed by atoms with Gasteiger partial charge in [0.05, 0.1) is 19.4 Å². The molecule has 1 unspecified atom stereocenters. The van der Waals surface area contributed by atoms with Crippen LogP contribution in [0.5, 0.6) is 0 Å². The van der Waals surface area contributed by atoms with Crippen LogP contribution < -0.4 is 10.6 Å². The van der Waals surface area contributed by atoms with Crippen molar-refractivity contribution in [2.24, 2.45) is 0 Å². The number of thiocarbonyl (C=S) groups is 1. The van der Waals surface area contributed by atoms with Gasteiger partial charge in [-0.2, -0.15) is 0 Å². The topological polar surface area (TPSA) is 36.5 Å². The van der Waals surface area contributed by atoms with Crippen LogP contribution in [0.1, 0.15) is 39.0 Å². The zero-order valence-electron chi connectivity index (χ0n) is 11.3. The molecule has 0 aromatic carbocycles. The van der Waals surface area contributed by atoms with Crippen molar-refractivity contribution in [1.82, 2.24) is 15.5 Å². The summed E-state index contributed by atoms with van der Waals surface area (Å²) in [4.78, 5) is 2.37. The molecule has 2 N–H and O–H groups in total. The predicted molar refractivity (Wildman–Crippen MR) is 77.6 cm³/mol. The van der Waals surface area contributed by atoms with Gasteiger partial charge in [-0.15, -0.1) is 0 Å². The molecule has 2 fully saturated rings. The number of nitrogens with one attached hydrogen (secondary N) is 2. The van der Waals surface area contributed by atoms with Crippen molar-refractivity contribution in [2.75, 3.05) is 26.3 Å². The second-order valence-corrected chi connectivity index (χ2v) is 5.69. The lowest BCUT2D eigenvalue weighted by Gasteiger charge is -2.34. The van der Waals surface area contributed by atoms with Crippen LogP contribution in [0.3, 0.4) is 0 Å². The van der Waals surface area contributed by atoms with Gasteiger partial charge >= 0.3 is 0 Å². The van der Waals surface area contributed by atoms with Crippen LogP contribution >= 0.6 is 12.2 Å². The average molecular weight is 271 g/mol. The Balaban J connectivity index is 1.68. The van der Waals surface area contributed by atoms with Gasteiger partial charge in [0.2, 0.25) is 0 Å². The Morgan fingerprint density at radius 3 is 2.56 bits per heavy atom. The van der Waals surface area contributed by atoms with Crippen molar-refractivity contribution in [3.8, 4) is 0 Å². The number of rotatable bonds is 3. The summed E-state index contributed by atoms with van der Waals surface area (Å²) in [7, 11) is 0. The third kappa shape index (κ3) is 4.37. The maximum absolute atomic E-state index is 5.40. The van der Waals surface area contributed by atoms with Gasteiger partial charge in [0, 0.05) is 19.1 Å². The molecule has 5 heteroatoms. The van der Waals surface area contributed by atoms with Gasteiger partial charge in [-0.05, 0) is 32.0 Å². The van der Waals surface area contributed by atoms with Crippen LogP contribution in [0.2, 0.25) is 0 Å². The highest BCUT2D eigenvalue weighted by Gasteiger charge is 2.19. The van der Waals surface area contributed by atoms with Gasteiger partial charge in [-0.25, -0.2) is 0 Å². The Morgan fingerprint density at radius 2 is 1.89 bits per heavy atom. The maximum Gasteiger partial charge on any atom is 0.167 e. The molecule has 0 bridgehead atoms. The van der Waals surface area contributed by atoms with E-state index in [2.05, 4.69) is 22.5 Å². The summed E-state index contributed by atoms with van der Waals surface area (Å²) in [5.41, 5.74) is 0. The van der Waals surface area contributed by atoms with Crippen LogP contribution in [-0.4, -0.2) is 48.5 Å². The van der Waals surface area contributed by atoms with E-state index in [0.717, 1.165) is 31.4 Å². The minimum absolute atomic E-state index is 0.289. The van der Waals surface area contributed by atoms with Crippen LogP contribution in [0.15, 0.2) is 0 Å². The fraction of sp³-hybridized carbons (Fsp3) is 0.923.